The summed E-state index contributed by atoms with van der Waals surface area (Å²) < 4.78 is 0. The number of carbonyl (C=O) groups excluding carboxylic acids is 2. The number of Topliss-reactive ketones (excluding diaryl/α,β-unsaturated/α-hetero) is 1. The molecule has 108 valence electrons. The summed E-state index contributed by atoms with van der Waals surface area (Å²) in [5.41, 5.74) is -0.808. The SMILES string of the molecule is CCCCN1C(=O)C(O)(CC(C)=O)c2cccc(Cl)c21. The summed E-state index contributed by atoms with van der Waals surface area (Å²) in [5.74, 6) is -0.687. The summed E-state index contributed by atoms with van der Waals surface area (Å²) in [6.45, 7) is 3.88. The van der Waals surface area contributed by atoms with Gasteiger partial charge in [-0.1, -0.05) is 37.1 Å². The van der Waals surface area contributed by atoms with Crippen molar-refractivity contribution in [2.75, 3.05) is 11.4 Å². The van der Waals surface area contributed by atoms with Gasteiger partial charge < -0.3 is 10.0 Å². The molecule has 4 nitrogen and oxygen atoms in total. The Bertz CT molecular complexity index is 558. The van der Waals surface area contributed by atoms with E-state index in [0.29, 0.717) is 22.8 Å². The van der Waals surface area contributed by atoms with Crippen molar-refractivity contribution in [2.24, 2.45) is 0 Å². The highest BCUT2D eigenvalue weighted by Crippen LogP contribution is 2.46. The van der Waals surface area contributed by atoms with Crippen molar-refractivity contribution in [3.8, 4) is 0 Å². The van der Waals surface area contributed by atoms with E-state index < -0.39 is 11.5 Å². The van der Waals surface area contributed by atoms with E-state index in [9.17, 15) is 14.7 Å². The first kappa shape index (κ1) is 15.0. The fourth-order valence-electron chi connectivity index (χ4n) is 2.62. The predicted octanol–water partition coefficient (Wildman–Crippen LogP) is 2.65. The first-order chi connectivity index (χ1) is 9.41. The highest BCUT2D eigenvalue weighted by Gasteiger charge is 2.50. The summed E-state index contributed by atoms with van der Waals surface area (Å²) in [5, 5.41) is 11.1. The van der Waals surface area contributed by atoms with Crippen LogP contribution < -0.4 is 4.90 Å². The van der Waals surface area contributed by atoms with Gasteiger partial charge in [-0.15, -0.1) is 0 Å². The molecule has 0 fully saturated rings. The van der Waals surface area contributed by atoms with Crippen molar-refractivity contribution >= 4 is 29.0 Å². The van der Waals surface area contributed by atoms with Crippen LogP contribution in [0.3, 0.4) is 0 Å². The molecule has 1 aliphatic heterocycles. The van der Waals surface area contributed by atoms with Crippen molar-refractivity contribution in [3.63, 3.8) is 0 Å². The number of benzene rings is 1. The molecule has 1 amide bonds. The molecule has 1 unspecified atom stereocenters. The zero-order valence-electron chi connectivity index (χ0n) is 11.6. The van der Waals surface area contributed by atoms with Gasteiger partial charge in [-0.25, -0.2) is 0 Å². The van der Waals surface area contributed by atoms with Crippen LogP contribution in [-0.4, -0.2) is 23.3 Å². The number of amides is 1. The molecule has 1 N–H and O–H groups in total. The number of unbranched alkanes of at least 4 members (excludes halogenated alkanes) is 1. The van der Waals surface area contributed by atoms with Crippen LogP contribution in [0.5, 0.6) is 0 Å². The average Bonchev–Trinajstić information content (AvgIpc) is 2.58. The largest absolute Gasteiger partial charge is 0.375 e. The fraction of sp³-hybridized carbons (Fsp3) is 0.467. The molecule has 5 heteroatoms. The summed E-state index contributed by atoms with van der Waals surface area (Å²) in [6, 6.07) is 5.03. The minimum Gasteiger partial charge on any atom is -0.375 e. The van der Waals surface area contributed by atoms with Gasteiger partial charge in [0, 0.05) is 18.5 Å². The Balaban J connectivity index is 2.52. The molecule has 0 aliphatic carbocycles. The predicted molar refractivity (Wildman–Crippen MR) is 77.9 cm³/mol. The second-order valence-corrected chi connectivity index (χ2v) is 5.59. The van der Waals surface area contributed by atoms with Crippen LogP contribution in [0.1, 0.15) is 38.7 Å². The van der Waals surface area contributed by atoms with Crippen molar-refractivity contribution in [3.05, 3.63) is 28.8 Å². The summed E-state index contributed by atoms with van der Waals surface area (Å²) in [7, 11) is 0. The van der Waals surface area contributed by atoms with Gasteiger partial charge in [0.15, 0.2) is 5.60 Å². The van der Waals surface area contributed by atoms with Gasteiger partial charge >= 0.3 is 0 Å². The molecule has 0 saturated carbocycles. The van der Waals surface area contributed by atoms with Crippen LogP contribution in [0, 0.1) is 0 Å². The third-order valence-electron chi connectivity index (χ3n) is 3.54. The molecule has 2 rings (SSSR count). The molecule has 0 bridgehead atoms. The van der Waals surface area contributed by atoms with Gasteiger partial charge in [0.05, 0.1) is 10.7 Å². The number of hydrogen-bond acceptors (Lipinski definition) is 3. The van der Waals surface area contributed by atoms with Crippen molar-refractivity contribution in [2.45, 2.75) is 38.7 Å². The highest BCUT2D eigenvalue weighted by molar-refractivity contribution is 6.35. The van der Waals surface area contributed by atoms with Crippen LogP contribution >= 0.6 is 11.6 Å². The minimum atomic E-state index is -1.78. The first-order valence-corrected chi connectivity index (χ1v) is 7.12. The number of hydrogen-bond donors (Lipinski definition) is 1. The quantitative estimate of drug-likeness (QED) is 0.908. The smallest absolute Gasteiger partial charge is 0.264 e. The molecule has 1 heterocycles. The Morgan fingerprint density at radius 2 is 2.15 bits per heavy atom. The number of para-hydroxylation sites is 1. The van der Waals surface area contributed by atoms with Crippen LogP contribution in [0.15, 0.2) is 18.2 Å². The maximum Gasteiger partial charge on any atom is 0.264 e. The Morgan fingerprint density at radius 1 is 1.45 bits per heavy atom. The van der Waals surface area contributed by atoms with E-state index in [-0.39, 0.29) is 12.2 Å². The van der Waals surface area contributed by atoms with Crippen molar-refractivity contribution < 1.29 is 14.7 Å². The van der Waals surface area contributed by atoms with E-state index in [1.807, 2.05) is 6.92 Å². The normalized spacial score (nSPS) is 21.2. The maximum atomic E-state index is 12.5. The standard InChI is InChI=1S/C15H18ClNO3/c1-3-4-8-17-13-11(6-5-7-12(13)16)15(20,14(17)19)9-10(2)18/h5-7,20H,3-4,8-9H2,1-2H3. The van der Waals surface area contributed by atoms with E-state index >= 15 is 0 Å². The number of carbonyl (C=O) groups is 2. The number of anilines is 1. The lowest BCUT2D eigenvalue weighted by Crippen LogP contribution is -2.41. The van der Waals surface area contributed by atoms with Crippen LogP contribution in [0.25, 0.3) is 0 Å². The molecule has 0 saturated heterocycles. The van der Waals surface area contributed by atoms with Gasteiger partial charge in [-0.2, -0.15) is 0 Å². The van der Waals surface area contributed by atoms with E-state index in [0.717, 1.165) is 12.8 Å². The van der Waals surface area contributed by atoms with Crippen LogP contribution in [-0.2, 0) is 15.2 Å². The zero-order valence-corrected chi connectivity index (χ0v) is 12.4. The van der Waals surface area contributed by atoms with Gasteiger partial charge in [-0.3, -0.25) is 9.59 Å². The number of aliphatic hydroxyl groups is 1. The molecule has 1 aromatic rings. The van der Waals surface area contributed by atoms with E-state index in [2.05, 4.69) is 0 Å². The molecule has 1 aliphatic rings. The van der Waals surface area contributed by atoms with E-state index in [4.69, 9.17) is 11.6 Å². The Hall–Kier alpha value is -1.39. The molecule has 0 spiro atoms. The Kier molecular flexibility index (Phi) is 4.16. The van der Waals surface area contributed by atoms with Gasteiger partial charge in [0.25, 0.3) is 5.91 Å². The second kappa shape index (κ2) is 5.54. The number of ketones is 1. The van der Waals surface area contributed by atoms with Gasteiger partial charge in [0.1, 0.15) is 5.78 Å². The molecular weight excluding hydrogens is 278 g/mol. The maximum absolute atomic E-state index is 12.5. The minimum absolute atomic E-state index is 0.220. The third-order valence-corrected chi connectivity index (χ3v) is 3.85. The lowest BCUT2D eigenvalue weighted by molar-refractivity contribution is -0.141. The van der Waals surface area contributed by atoms with E-state index in [1.165, 1.54) is 11.8 Å². The third kappa shape index (κ3) is 2.34. The fourth-order valence-corrected chi connectivity index (χ4v) is 2.90. The van der Waals surface area contributed by atoms with Gasteiger partial charge in [-0.05, 0) is 19.4 Å². The molecule has 20 heavy (non-hydrogen) atoms. The first-order valence-electron chi connectivity index (χ1n) is 6.74. The summed E-state index contributed by atoms with van der Waals surface area (Å²) >= 11 is 6.18. The van der Waals surface area contributed by atoms with Gasteiger partial charge in [0.2, 0.25) is 0 Å². The molecule has 0 radical (unpaired) electrons. The van der Waals surface area contributed by atoms with E-state index in [1.54, 1.807) is 18.2 Å². The van der Waals surface area contributed by atoms with Crippen LogP contribution in [0.2, 0.25) is 5.02 Å². The highest BCUT2D eigenvalue weighted by atomic mass is 35.5. The lowest BCUT2D eigenvalue weighted by atomic mass is 9.90. The van der Waals surface area contributed by atoms with Crippen LogP contribution in [0.4, 0.5) is 5.69 Å². The summed E-state index contributed by atoms with van der Waals surface area (Å²) in [4.78, 5) is 25.4. The zero-order chi connectivity index (χ0) is 14.9. The summed E-state index contributed by atoms with van der Waals surface area (Å²) in [6.07, 6.45) is 1.52. The molecule has 1 atom stereocenters. The Morgan fingerprint density at radius 3 is 2.75 bits per heavy atom. The van der Waals surface area contributed by atoms with Crippen molar-refractivity contribution in [1.29, 1.82) is 0 Å². The monoisotopic (exact) mass is 295 g/mol. The number of fused-ring (bicyclic) bond motifs is 1. The molecule has 1 aromatic carbocycles. The average molecular weight is 296 g/mol. The van der Waals surface area contributed by atoms with Crippen molar-refractivity contribution in [1.82, 2.24) is 0 Å². The molecular formula is C15H18ClNO3. The topological polar surface area (TPSA) is 57.6 Å². The molecule has 0 aromatic heterocycles. The lowest BCUT2D eigenvalue weighted by Gasteiger charge is -2.22. The second-order valence-electron chi connectivity index (χ2n) is 5.19. The number of halogens is 1. The Labute approximate surface area is 123 Å². The number of rotatable bonds is 5. The number of nitrogens with zero attached hydrogens (tertiary/aromatic N) is 1.